The van der Waals surface area contributed by atoms with E-state index in [9.17, 15) is 0 Å². The maximum absolute atomic E-state index is 4.52. The van der Waals surface area contributed by atoms with Crippen LogP contribution in [0.3, 0.4) is 0 Å². The van der Waals surface area contributed by atoms with Crippen LogP contribution in [0.2, 0.25) is 0 Å². The second-order valence-corrected chi connectivity index (χ2v) is 5.44. The van der Waals surface area contributed by atoms with Gasteiger partial charge >= 0.3 is 0 Å². The molecular weight excluding hydrogens is 268 g/mol. The van der Waals surface area contributed by atoms with Gasteiger partial charge in [0.2, 0.25) is 5.95 Å². The Morgan fingerprint density at radius 3 is 2.95 bits per heavy atom. The molecule has 0 aliphatic rings. The van der Waals surface area contributed by atoms with Crippen LogP contribution < -0.4 is 10.6 Å². The van der Waals surface area contributed by atoms with Crippen molar-refractivity contribution in [1.82, 2.24) is 9.97 Å². The highest BCUT2D eigenvalue weighted by Crippen LogP contribution is 2.32. The average molecular weight is 284 g/mol. The first-order valence-corrected chi connectivity index (χ1v) is 7.46. The molecule has 3 aromatic rings. The first-order chi connectivity index (χ1) is 9.78. The Morgan fingerprint density at radius 1 is 1.25 bits per heavy atom. The number of hydrogen-bond acceptors (Lipinski definition) is 5. The molecule has 0 spiro atoms. The van der Waals surface area contributed by atoms with Crippen LogP contribution in [0.4, 0.5) is 17.5 Å². The van der Waals surface area contributed by atoms with Crippen molar-refractivity contribution in [3.63, 3.8) is 0 Å². The van der Waals surface area contributed by atoms with E-state index in [0.29, 0.717) is 5.95 Å². The Balaban J connectivity index is 1.96. The monoisotopic (exact) mass is 284 g/mol. The normalized spacial score (nSPS) is 10.7. The zero-order valence-electron chi connectivity index (χ0n) is 11.5. The number of hydrogen-bond donors (Lipinski definition) is 2. The minimum atomic E-state index is 0.653. The number of aromatic nitrogens is 2. The van der Waals surface area contributed by atoms with E-state index in [0.717, 1.165) is 23.6 Å². The first-order valence-electron chi connectivity index (χ1n) is 6.58. The van der Waals surface area contributed by atoms with Crippen LogP contribution in [-0.2, 0) is 0 Å². The summed E-state index contributed by atoms with van der Waals surface area (Å²) in [6.45, 7) is 4.85. The number of nitrogens with zero attached hydrogens (tertiary/aromatic N) is 2. The van der Waals surface area contributed by atoms with Gasteiger partial charge in [0.15, 0.2) is 0 Å². The number of nitrogens with one attached hydrogen (secondary N) is 2. The summed E-state index contributed by atoms with van der Waals surface area (Å²) in [6.07, 6.45) is 1.84. The molecule has 20 heavy (non-hydrogen) atoms. The van der Waals surface area contributed by atoms with Gasteiger partial charge in [-0.05, 0) is 19.9 Å². The molecule has 2 aromatic heterocycles. The van der Waals surface area contributed by atoms with Crippen LogP contribution in [0.25, 0.3) is 10.1 Å². The van der Waals surface area contributed by atoms with Gasteiger partial charge in [-0.3, -0.25) is 0 Å². The molecule has 0 unspecified atom stereocenters. The van der Waals surface area contributed by atoms with Crippen molar-refractivity contribution >= 4 is 38.9 Å². The SMILES string of the molecule is CCNc1ncc(C)c(Nc2csc3ccccc23)n1. The van der Waals surface area contributed by atoms with Crippen LogP contribution in [0, 0.1) is 6.92 Å². The van der Waals surface area contributed by atoms with Gasteiger partial charge in [-0.2, -0.15) is 4.98 Å². The van der Waals surface area contributed by atoms with E-state index in [1.165, 1.54) is 10.1 Å². The predicted octanol–water partition coefficient (Wildman–Crippen LogP) is 4.18. The second kappa shape index (κ2) is 5.46. The lowest BCUT2D eigenvalue weighted by atomic mass is 10.2. The smallest absolute Gasteiger partial charge is 0.224 e. The minimum Gasteiger partial charge on any atom is -0.354 e. The highest BCUT2D eigenvalue weighted by atomic mass is 32.1. The second-order valence-electron chi connectivity index (χ2n) is 4.53. The molecule has 0 aliphatic carbocycles. The molecule has 5 heteroatoms. The molecule has 0 bridgehead atoms. The van der Waals surface area contributed by atoms with Crippen LogP contribution in [0.5, 0.6) is 0 Å². The lowest BCUT2D eigenvalue weighted by Gasteiger charge is -2.09. The lowest BCUT2D eigenvalue weighted by molar-refractivity contribution is 1.07. The molecule has 0 radical (unpaired) electrons. The summed E-state index contributed by atoms with van der Waals surface area (Å²) in [5, 5.41) is 9.89. The molecule has 1 aromatic carbocycles. The third kappa shape index (κ3) is 2.44. The number of thiophene rings is 1. The number of fused-ring (bicyclic) bond motifs is 1. The van der Waals surface area contributed by atoms with E-state index in [1.54, 1.807) is 11.3 Å². The van der Waals surface area contributed by atoms with Crippen molar-refractivity contribution in [2.75, 3.05) is 17.2 Å². The fraction of sp³-hybridized carbons (Fsp3) is 0.200. The Hall–Kier alpha value is -2.14. The van der Waals surface area contributed by atoms with Crippen LogP contribution in [0.1, 0.15) is 12.5 Å². The van der Waals surface area contributed by atoms with Crippen LogP contribution in [0.15, 0.2) is 35.8 Å². The van der Waals surface area contributed by atoms with Gasteiger partial charge in [-0.1, -0.05) is 18.2 Å². The average Bonchev–Trinajstić information content (AvgIpc) is 2.86. The molecule has 0 amide bonds. The predicted molar refractivity (Wildman–Crippen MR) is 86.0 cm³/mol. The number of aryl methyl sites for hydroxylation is 1. The number of anilines is 3. The quantitative estimate of drug-likeness (QED) is 0.754. The number of rotatable bonds is 4. The molecule has 0 atom stereocenters. The van der Waals surface area contributed by atoms with Gasteiger partial charge < -0.3 is 10.6 Å². The maximum Gasteiger partial charge on any atom is 0.224 e. The van der Waals surface area contributed by atoms with Gasteiger partial charge in [0.1, 0.15) is 5.82 Å². The zero-order valence-corrected chi connectivity index (χ0v) is 12.3. The molecule has 2 N–H and O–H groups in total. The molecular formula is C15H16N4S. The third-order valence-corrected chi connectivity index (χ3v) is 4.00. The van der Waals surface area contributed by atoms with Gasteiger partial charge in [-0.25, -0.2) is 4.98 Å². The zero-order chi connectivity index (χ0) is 13.9. The van der Waals surface area contributed by atoms with Crippen LogP contribution >= 0.6 is 11.3 Å². The van der Waals surface area contributed by atoms with E-state index < -0.39 is 0 Å². The summed E-state index contributed by atoms with van der Waals surface area (Å²) in [4.78, 5) is 8.78. The van der Waals surface area contributed by atoms with E-state index >= 15 is 0 Å². The summed E-state index contributed by atoms with van der Waals surface area (Å²) in [5.41, 5.74) is 2.12. The summed E-state index contributed by atoms with van der Waals surface area (Å²) < 4.78 is 1.27. The first kappa shape index (κ1) is 12.9. The highest BCUT2D eigenvalue weighted by Gasteiger charge is 2.07. The summed E-state index contributed by atoms with van der Waals surface area (Å²) in [6, 6.07) is 8.36. The Morgan fingerprint density at radius 2 is 2.10 bits per heavy atom. The van der Waals surface area contributed by atoms with Crippen molar-refractivity contribution in [2.24, 2.45) is 0 Å². The molecule has 102 valence electrons. The topological polar surface area (TPSA) is 49.8 Å². The molecule has 3 rings (SSSR count). The molecule has 0 fully saturated rings. The summed E-state index contributed by atoms with van der Waals surface area (Å²) >= 11 is 1.73. The van der Waals surface area contributed by atoms with Gasteiger partial charge in [0.05, 0.1) is 5.69 Å². The van der Waals surface area contributed by atoms with Crippen molar-refractivity contribution < 1.29 is 0 Å². The summed E-state index contributed by atoms with van der Waals surface area (Å²) in [5.74, 6) is 1.50. The fourth-order valence-corrected chi connectivity index (χ4v) is 2.91. The number of benzene rings is 1. The standard InChI is InChI=1S/C15H16N4S/c1-3-16-15-17-8-10(2)14(19-15)18-12-9-20-13-7-5-4-6-11(12)13/h4-9H,3H2,1-2H3,(H2,16,17,18,19). The molecule has 0 aliphatic heterocycles. The van der Waals surface area contributed by atoms with Gasteiger partial charge in [0, 0.05) is 33.8 Å². The van der Waals surface area contributed by atoms with E-state index in [2.05, 4.69) is 50.2 Å². The fourth-order valence-electron chi connectivity index (χ4n) is 2.01. The molecule has 0 saturated carbocycles. The third-order valence-electron chi connectivity index (χ3n) is 3.04. The Labute approximate surface area is 121 Å². The van der Waals surface area contributed by atoms with E-state index in [4.69, 9.17) is 0 Å². The largest absolute Gasteiger partial charge is 0.354 e. The molecule has 4 nitrogen and oxygen atoms in total. The van der Waals surface area contributed by atoms with Crippen molar-refractivity contribution in [2.45, 2.75) is 13.8 Å². The molecule has 0 saturated heterocycles. The van der Waals surface area contributed by atoms with Gasteiger partial charge in [0.25, 0.3) is 0 Å². The van der Waals surface area contributed by atoms with E-state index in [-0.39, 0.29) is 0 Å². The van der Waals surface area contributed by atoms with Crippen molar-refractivity contribution in [3.05, 3.63) is 41.4 Å². The highest BCUT2D eigenvalue weighted by molar-refractivity contribution is 7.17. The van der Waals surface area contributed by atoms with Gasteiger partial charge in [-0.15, -0.1) is 11.3 Å². The maximum atomic E-state index is 4.52. The lowest BCUT2D eigenvalue weighted by Crippen LogP contribution is -2.05. The van der Waals surface area contributed by atoms with Crippen LogP contribution in [-0.4, -0.2) is 16.5 Å². The van der Waals surface area contributed by atoms with E-state index in [1.807, 2.05) is 20.0 Å². The Bertz CT molecular complexity index is 736. The molecule has 2 heterocycles. The Kier molecular flexibility index (Phi) is 3.52. The summed E-state index contributed by atoms with van der Waals surface area (Å²) in [7, 11) is 0. The van der Waals surface area contributed by atoms with Crippen molar-refractivity contribution in [1.29, 1.82) is 0 Å². The minimum absolute atomic E-state index is 0.653. The van der Waals surface area contributed by atoms with Crippen molar-refractivity contribution in [3.8, 4) is 0 Å².